The lowest BCUT2D eigenvalue weighted by Gasteiger charge is -2.15. The highest BCUT2D eigenvalue weighted by atomic mass is 32.2. The monoisotopic (exact) mass is 440 g/mol. The van der Waals surface area contributed by atoms with Gasteiger partial charge in [-0.3, -0.25) is 4.79 Å². The first-order valence-corrected chi connectivity index (χ1v) is 11.3. The van der Waals surface area contributed by atoms with Crippen LogP contribution in [-0.2, 0) is 17.8 Å². The summed E-state index contributed by atoms with van der Waals surface area (Å²) < 4.78 is 21.0. The maximum atomic E-state index is 13.1. The van der Waals surface area contributed by atoms with E-state index in [0.29, 0.717) is 23.8 Å². The Kier molecular flexibility index (Phi) is 6.99. The third-order valence-electron chi connectivity index (χ3n) is 5.20. The fourth-order valence-corrected chi connectivity index (χ4v) is 4.29. The van der Waals surface area contributed by atoms with Crippen LogP contribution in [0.2, 0.25) is 0 Å². The zero-order valence-corrected chi connectivity index (χ0v) is 18.2. The number of benzene rings is 2. The number of hydrogen-bond donors (Lipinski definition) is 1. The summed E-state index contributed by atoms with van der Waals surface area (Å²) in [5, 5.41) is 12.6. The van der Waals surface area contributed by atoms with Crippen molar-refractivity contribution in [3.05, 3.63) is 71.3 Å². The molecule has 162 valence electrons. The van der Waals surface area contributed by atoms with Gasteiger partial charge in [-0.1, -0.05) is 41.6 Å². The van der Waals surface area contributed by atoms with Crippen LogP contribution in [-0.4, -0.2) is 39.0 Å². The van der Waals surface area contributed by atoms with Gasteiger partial charge in [-0.25, -0.2) is 4.39 Å². The maximum absolute atomic E-state index is 13.1. The lowest BCUT2D eigenvalue weighted by Crippen LogP contribution is -2.19. The number of anilines is 1. The summed E-state index contributed by atoms with van der Waals surface area (Å²) in [5.41, 5.74) is 2.62. The number of ketones is 1. The summed E-state index contributed by atoms with van der Waals surface area (Å²) in [7, 11) is 0. The average Bonchev–Trinajstić information content (AvgIpc) is 3.43. The van der Waals surface area contributed by atoms with Crippen molar-refractivity contribution >= 4 is 23.2 Å². The summed E-state index contributed by atoms with van der Waals surface area (Å²) in [5.74, 6) is 0.828. The molecule has 0 radical (unpaired) electrons. The Morgan fingerprint density at radius 2 is 1.97 bits per heavy atom. The minimum atomic E-state index is -0.274. The Bertz CT molecular complexity index is 1020. The van der Waals surface area contributed by atoms with Gasteiger partial charge in [-0.2, -0.15) is 0 Å². The van der Waals surface area contributed by atoms with Gasteiger partial charge in [0.2, 0.25) is 0 Å². The van der Waals surface area contributed by atoms with E-state index >= 15 is 0 Å². The van der Waals surface area contributed by atoms with Gasteiger partial charge in [0, 0.05) is 17.9 Å². The highest BCUT2D eigenvalue weighted by molar-refractivity contribution is 7.99. The minimum Gasteiger partial charge on any atom is -0.378 e. The molecule has 31 heavy (non-hydrogen) atoms. The molecule has 6 nitrogen and oxygen atoms in total. The van der Waals surface area contributed by atoms with Crippen molar-refractivity contribution in [2.24, 2.45) is 0 Å². The van der Waals surface area contributed by atoms with Crippen LogP contribution >= 0.6 is 11.8 Å². The second kappa shape index (κ2) is 10.1. The van der Waals surface area contributed by atoms with Crippen molar-refractivity contribution in [1.29, 1.82) is 0 Å². The van der Waals surface area contributed by atoms with E-state index in [1.165, 1.54) is 23.9 Å². The van der Waals surface area contributed by atoms with Crippen LogP contribution in [0.15, 0.2) is 53.7 Å². The fourth-order valence-electron chi connectivity index (χ4n) is 3.43. The van der Waals surface area contributed by atoms with E-state index in [1.54, 1.807) is 12.1 Å². The molecule has 3 aromatic rings. The lowest BCUT2D eigenvalue weighted by atomic mass is 10.1. The van der Waals surface area contributed by atoms with Crippen molar-refractivity contribution in [1.82, 2.24) is 14.8 Å². The normalized spacial score (nSPS) is 15.9. The third kappa shape index (κ3) is 5.71. The van der Waals surface area contributed by atoms with E-state index in [0.717, 1.165) is 36.5 Å². The Balaban J connectivity index is 1.45. The molecule has 1 fully saturated rings. The average molecular weight is 441 g/mol. The van der Waals surface area contributed by atoms with Gasteiger partial charge in [0.05, 0.1) is 24.9 Å². The van der Waals surface area contributed by atoms with Gasteiger partial charge in [-0.05, 0) is 44.0 Å². The van der Waals surface area contributed by atoms with E-state index < -0.39 is 0 Å². The summed E-state index contributed by atoms with van der Waals surface area (Å²) in [6, 6.07) is 13.8. The van der Waals surface area contributed by atoms with Crippen LogP contribution in [0.5, 0.6) is 0 Å². The van der Waals surface area contributed by atoms with Crippen LogP contribution < -0.4 is 5.32 Å². The number of nitrogens with zero attached hydrogens (tertiary/aromatic N) is 3. The number of carbonyl (C=O) groups is 1. The van der Waals surface area contributed by atoms with Gasteiger partial charge in [0.1, 0.15) is 5.82 Å². The number of carbonyl (C=O) groups excluding carboxylic acids is 1. The standard InChI is InChI=1S/C23H25FN4O2S/c1-16-4-6-17(7-5-16)21(29)15-31-23-27-26-22(28(23)14-20-3-2-12-30-20)13-25-19-10-8-18(24)9-11-19/h4-11,20,25H,2-3,12-15H2,1H3/t20-/m1/s1. The summed E-state index contributed by atoms with van der Waals surface area (Å²) in [6.45, 7) is 3.86. The number of ether oxygens (including phenoxy) is 1. The number of halogens is 1. The molecule has 1 aliphatic heterocycles. The summed E-state index contributed by atoms with van der Waals surface area (Å²) >= 11 is 1.39. The second-order valence-electron chi connectivity index (χ2n) is 7.58. The predicted molar refractivity (Wildman–Crippen MR) is 119 cm³/mol. The Morgan fingerprint density at radius 1 is 1.19 bits per heavy atom. The smallest absolute Gasteiger partial charge is 0.191 e. The molecule has 0 spiro atoms. The molecule has 2 aromatic carbocycles. The van der Waals surface area contributed by atoms with Gasteiger partial charge in [0.15, 0.2) is 16.8 Å². The third-order valence-corrected chi connectivity index (χ3v) is 6.17. The van der Waals surface area contributed by atoms with Crippen molar-refractivity contribution < 1.29 is 13.9 Å². The SMILES string of the molecule is Cc1ccc(C(=O)CSc2nnc(CNc3ccc(F)cc3)n2C[C@H]2CCCO2)cc1. The number of rotatable bonds is 9. The number of aromatic nitrogens is 3. The fraction of sp³-hybridized carbons (Fsp3) is 0.348. The van der Waals surface area contributed by atoms with Gasteiger partial charge < -0.3 is 14.6 Å². The molecule has 0 unspecified atom stereocenters. The van der Waals surface area contributed by atoms with Gasteiger partial charge in [-0.15, -0.1) is 10.2 Å². The van der Waals surface area contributed by atoms with Gasteiger partial charge >= 0.3 is 0 Å². The molecule has 0 bridgehead atoms. The second-order valence-corrected chi connectivity index (χ2v) is 8.53. The van der Waals surface area contributed by atoms with Gasteiger partial charge in [0.25, 0.3) is 0 Å². The summed E-state index contributed by atoms with van der Waals surface area (Å²) in [6.07, 6.45) is 2.16. The van der Waals surface area contributed by atoms with E-state index in [1.807, 2.05) is 35.8 Å². The summed E-state index contributed by atoms with van der Waals surface area (Å²) in [4.78, 5) is 12.6. The van der Waals surface area contributed by atoms with Crippen LogP contribution in [0, 0.1) is 12.7 Å². The maximum Gasteiger partial charge on any atom is 0.191 e. The molecule has 1 atom stereocenters. The molecular weight excluding hydrogens is 415 g/mol. The first kappa shape index (κ1) is 21.5. The van der Waals surface area contributed by atoms with Crippen LogP contribution in [0.25, 0.3) is 0 Å². The molecule has 0 amide bonds. The molecule has 4 rings (SSSR count). The first-order valence-electron chi connectivity index (χ1n) is 10.3. The molecule has 1 aromatic heterocycles. The van der Waals surface area contributed by atoms with Crippen molar-refractivity contribution in [3.63, 3.8) is 0 Å². The zero-order valence-electron chi connectivity index (χ0n) is 17.4. The Morgan fingerprint density at radius 3 is 2.68 bits per heavy atom. The molecule has 1 N–H and O–H groups in total. The minimum absolute atomic E-state index is 0.0580. The van der Waals surface area contributed by atoms with E-state index in [2.05, 4.69) is 15.5 Å². The largest absolute Gasteiger partial charge is 0.378 e. The van der Waals surface area contributed by atoms with E-state index in [9.17, 15) is 9.18 Å². The Hall–Kier alpha value is -2.71. The number of thioether (sulfide) groups is 1. The highest BCUT2D eigenvalue weighted by Gasteiger charge is 2.21. The number of hydrogen-bond acceptors (Lipinski definition) is 6. The molecule has 8 heteroatoms. The topological polar surface area (TPSA) is 69.0 Å². The van der Waals surface area contributed by atoms with Crippen molar-refractivity contribution in [3.8, 4) is 0 Å². The van der Waals surface area contributed by atoms with Crippen LogP contribution in [0.4, 0.5) is 10.1 Å². The molecule has 0 saturated carbocycles. The molecule has 0 aliphatic carbocycles. The Labute approximate surface area is 185 Å². The van der Waals surface area contributed by atoms with E-state index in [4.69, 9.17) is 4.74 Å². The molecule has 1 saturated heterocycles. The van der Waals surface area contributed by atoms with Crippen LogP contribution in [0.1, 0.15) is 34.6 Å². The number of nitrogens with one attached hydrogen (secondary N) is 1. The quantitative estimate of drug-likeness (QED) is 0.391. The zero-order chi connectivity index (χ0) is 21.6. The first-order chi connectivity index (χ1) is 15.1. The van der Waals surface area contributed by atoms with Crippen molar-refractivity contribution in [2.45, 2.75) is 44.1 Å². The molecule has 1 aliphatic rings. The molecular formula is C23H25FN4O2S. The highest BCUT2D eigenvalue weighted by Crippen LogP contribution is 2.23. The van der Waals surface area contributed by atoms with Crippen molar-refractivity contribution in [2.75, 3.05) is 17.7 Å². The van der Waals surface area contributed by atoms with Crippen LogP contribution in [0.3, 0.4) is 0 Å². The molecule has 2 heterocycles. The predicted octanol–water partition coefficient (Wildman–Crippen LogP) is 4.49. The number of aryl methyl sites for hydroxylation is 1. The van der Waals surface area contributed by atoms with E-state index in [-0.39, 0.29) is 23.5 Å². The number of Topliss-reactive ketones (excluding diaryl/α,β-unsaturated/α-hetero) is 1. The lowest BCUT2D eigenvalue weighted by molar-refractivity contribution is 0.0942.